The normalized spacial score (nSPS) is 33.2. The maximum absolute atomic E-state index is 8.85. The van der Waals surface area contributed by atoms with Crippen LogP contribution in [-0.4, -0.2) is 36.4 Å². The molecule has 1 aliphatic rings. The van der Waals surface area contributed by atoms with Gasteiger partial charge in [0.25, 0.3) is 0 Å². The second-order valence-corrected chi connectivity index (χ2v) is 3.83. The first-order valence-electron chi connectivity index (χ1n) is 4.82. The minimum atomic E-state index is 0.234. The number of aliphatic hydroxyl groups excluding tert-OH is 1. The van der Waals surface area contributed by atoms with Crippen LogP contribution in [0.15, 0.2) is 0 Å². The smallest absolute Gasteiger partial charge is 0.0582 e. The van der Waals surface area contributed by atoms with Crippen LogP contribution in [-0.2, 0) is 0 Å². The fourth-order valence-electron chi connectivity index (χ4n) is 1.74. The first-order chi connectivity index (χ1) is 5.72. The Bertz CT molecular complexity index is 130. The minimum Gasteiger partial charge on any atom is -0.395 e. The zero-order valence-electron chi connectivity index (χ0n) is 8.01. The summed E-state index contributed by atoms with van der Waals surface area (Å²) < 4.78 is 0. The van der Waals surface area contributed by atoms with E-state index in [1.54, 1.807) is 0 Å². The summed E-state index contributed by atoms with van der Waals surface area (Å²) in [6, 6.07) is 1.44. The fourth-order valence-corrected chi connectivity index (χ4v) is 1.74. The van der Waals surface area contributed by atoms with Crippen LogP contribution in [0.1, 0.15) is 26.7 Å². The molecule has 12 heavy (non-hydrogen) atoms. The van der Waals surface area contributed by atoms with Gasteiger partial charge in [-0.05, 0) is 33.2 Å². The minimum absolute atomic E-state index is 0.234. The highest BCUT2D eigenvalue weighted by Crippen LogP contribution is 2.08. The van der Waals surface area contributed by atoms with Gasteiger partial charge in [-0.1, -0.05) is 0 Å². The van der Waals surface area contributed by atoms with Gasteiger partial charge in [-0.2, -0.15) is 0 Å². The number of aliphatic hydroxyl groups is 1. The van der Waals surface area contributed by atoms with Gasteiger partial charge < -0.3 is 15.7 Å². The van der Waals surface area contributed by atoms with Crippen LogP contribution in [0.5, 0.6) is 0 Å². The third kappa shape index (κ3) is 3.09. The first kappa shape index (κ1) is 9.96. The van der Waals surface area contributed by atoms with Gasteiger partial charge in [0.05, 0.1) is 6.61 Å². The highest BCUT2D eigenvalue weighted by atomic mass is 16.3. The van der Waals surface area contributed by atoms with Crippen LogP contribution in [0, 0.1) is 0 Å². The summed E-state index contributed by atoms with van der Waals surface area (Å²) in [4.78, 5) is 0. The molecule has 72 valence electrons. The van der Waals surface area contributed by atoms with E-state index in [-0.39, 0.29) is 12.6 Å². The Balaban J connectivity index is 2.22. The van der Waals surface area contributed by atoms with Crippen molar-refractivity contribution >= 4 is 0 Å². The molecule has 1 saturated heterocycles. The summed E-state index contributed by atoms with van der Waals surface area (Å²) >= 11 is 0. The molecule has 3 nitrogen and oxygen atoms in total. The van der Waals surface area contributed by atoms with Crippen molar-refractivity contribution < 1.29 is 5.11 Å². The Hall–Kier alpha value is -0.120. The van der Waals surface area contributed by atoms with E-state index in [1.165, 1.54) is 12.8 Å². The summed E-state index contributed by atoms with van der Waals surface area (Å²) in [7, 11) is 0. The molecule has 0 saturated carbocycles. The maximum atomic E-state index is 8.85. The lowest BCUT2D eigenvalue weighted by atomic mass is 10.00. The molecule has 3 N–H and O–H groups in total. The number of piperidine rings is 1. The molecule has 0 aromatic rings. The van der Waals surface area contributed by atoms with Gasteiger partial charge in [0, 0.05) is 18.1 Å². The van der Waals surface area contributed by atoms with E-state index in [4.69, 9.17) is 5.11 Å². The van der Waals surface area contributed by atoms with Gasteiger partial charge in [0.2, 0.25) is 0 Å². The van der Waals surface area contributed by atoms with Gasteiger partial charge >= 0.3 is 0 Å². The summed E-state index contributed by atoms with van der Waals surface area (Å²) in [5.74, 6) is 0. The van der Waals surface area contributed by atoms with Crippen molar-refractivity contribution in [2.75, 3.05) is 13.2 Å². The maximum Gasteiger partial charge on any atom is 0.0582 e. The standard InChI is InChI=1S/C9H20N2O/c1-7-5-9(3-4-10-7)11-8(2)6-12/h7-12H,3-6H2,1-2H3. The Kier molecular flexibility index (Phi) is 3.98. The van der Waals surface area contributed by atoms with Crippen LogP contribution in [0.3, 0.4) is 0 Å². The summed E-state index contributed by atoms with van der Waals surface area (Å²) in [6.45, 7) is 5.56. The van der Waals surface area contributed by atoms with E-state index >= 15 is 0 Å². The van der Waals surface area contributed by atoms with Crippen molar-refractivity contribution in [1.82, 2.24) is 10.6 Å². The van der Waals surface area contributed by atoms with Crippen molar-refractivity contribution in [1.29, 1.82) is 0 Å². The van der Waals surface area contributed by atoms with Crippen LogP contribution < -0.4 is 10.6 Å². The average molecular weight is 172 g/mol. The Morgan fingerprint density at radius 2 is 2.42 bits per heavy atom. The molecule has 1 fully saturated rings. The molecular formula is C9H20N2O. The fraction of sp³-hybridized carbons (Fsp3) is 1.00. The molecule has 0 bridgehead atoms. The first-order valence-corrected chi connectivity index (χ1v) is 4.82. The third-order valence-corrected chi connectivity index (χ3v) is 2.42. The molecule has 3 unspecified atom stereocenters. The number of nitrogens with one attached hydrogen (secondary N) is 2. The lowest BCUT2D eigenvalue weighted by Crippen LogP contribution is -2.48. The van der Waals surface area contributed by atoms with E-state index < -0.39 is 0 Å². The lowest BCUT2D eigenvalue weighted by molar-refractivity contribution is 0.223. The van der Waals surface area contributed by atoms with E-state index in [0.717, 1.165) is 6.54 Å². The van der Waals surface area contributed by atoms with Crippen LogP contribution in [0.4, 0.5) is 0 Å². The summed E-state index contributed by atoms with van der Waals surface area (Å²) in [6.07, 6.45) is 2.35. The zero-order chi connectivity index (χ0) is 8.97. The molecular weight excluding hydrogens is 152 g/mol. The predicted molar refractivity (Wildman–Crippen MR) is 50.2 cm³/mol. The monoisotopic (exact) mass is 172 g/mol. The second-order valence-electron chi connectivity index (χ2n) is 3.83. The van der Waals surface area contributed by atoms with E-state index in [1.807, 2.05) is 6.92 Å². The van der Waals surface area contributed by atoms with Crippen molar-refractivity contribution in [3.05, 3.63) is 0 Å². The molecule has 0 aliphatic carbocycles. The largest absolute Gasteiger partial charge is 0.395 e. The van der Waals surface area contributed by atoms with Gasteiger partial charge in [-0.15, -0.1) is 0 Å². The topological polar surface area (TPSA) is 44.3 Å². The molecule has 0 spiro atoms. The predicted octanol–water partition coefficient (Wildman–Crippen LogP) is 0.0973. The van der Waals surface area contributed by atoms with E-state index in [9.17, 15) is 0 Å². The molecule has 3 heteroatoms. The molecule has 0 aromatic carbocycles. The molecule has 0 aromatic heterocycles. The van der Waals surface area contributed by atoms with Gasteiger partial charge in [-0.25, -0.2) is 0 Å². The van der Waals surface area contributed by atoms with Gasteiger partial charge in [0.15, 0.2) is 0 Å². The van der Waals surface area contributed by atoms with E-state index in [0.29, 0.717) is 12.1 Å². The highest BCUT2D eigenvalue weighted by molar-refractivity contribution is 4.81. The molecule has 1 heterocycles. The zero-order valence-corrected chi connectivity index (χ0v) is 8.01. The van der Waals surface area contributed by atoms with Crippen LogP contribution in [0.2, 0.25) is 0 Å². The molecule has 0 amide bonds. The summed E-state index contributed by atoms with van der Waals surface area (Å²) in [5, 5.41) is 15.7. The molecule has 1 aliphatic heterocycles. The number of rotatable bonds is 3. The summed E-state index contributed by atoms with van der Waals surface area (Å²) in [5.41, 5.74) is 0. The van der Waals surface area contributed by atoms with E-state index in [2.05, 4.69) is 17.6 Å². The van der Waals surface area contributed by atoms with Crippen molar-refractivity contribution in [3.8, 4) is 0 Å². The lowest BCUT2D eigenvalue weighted by Gasteiger charge is -2.30. The number of hydrogen-bond acceptors (Lipinski definition) is 3. The van der Waals surface area contributed by atoms with Crippen molar-refractivity contribution in [2.24, 2.45) is 0 Å². The SMILES string of the molecule is CC1CC(NC(C)CO)CCN1. The Morgan fingerprint density at radius 1 is 1.67 bits per heavy atom. The molecule has 1 rings (SSSR count). The van der Waals surface area contributed by atoms with Crippen molar-refractivity contribution in [3.63, 3.8) is 0 Å². The Labute approximate surface area is 74.5 Å². The second kappa shape index (κ2) is 4.80. The molecule has 3 atom stereocenters. The molecule has 0 radical (unpaired) electrons. The van der Waals surface area contributed by atoms with Gasteiger partial charge in [0.1, 0.15) is 0 Å². The average Bonchev–Trinajstić information content (AvgIpc) is 2.04. The van der Waals surface area contributed by atoms with Gasteiger partial charge in [-0.3, -0.25) is 0 Å². The van der Waals surface area contributed by atoms with Crippen molar-refractivity contribution in [2.45, 2.75) is 44.8 Å². The van der Waals surface area contributed by atoms with Crippen LogP contribution >= 0.6 is 0 Å². The number of hydrogen-bond donors (Lipinski definition) is 3. The Morgan fingerprint density at radius 3 is 3.00 bits per heavy atom. The highest BCUT2D eigenvalue weighted by Gasteiger charge is 2.18. The van der Waals surface area contributed by atoms with Crippen LogP contribution in [0.25, 0.3) is 0 Å². The quantitative estimate of drug-likeness (QED) is 0.565. The third-order valence-electron chi connectivity index (χ3n) is 2.42.